The number of rotatable bonds is 6. The summed E-state index contributed by atoms with van der Waals surface area (Å²) in [6, 6.07) is 8.90. The van der Waals surface area contributed by atoms with Crippen molar-refractivity contribution in [3.63, 3.8) is 0 Å². The molecule has 1 atom stereocenters. The Kier molecular flexibility index (Phi) is 5.11. The number of carbonyl (C=O) groups excluding carboxylic acids is 1. The summed E-state index contributed by atoms with van der Waals surface area (Å²) in [4.78, 5) is 11.9. The van der Waals surface area contributed by atoms with Gasteiger partial charge in [0.1, 0.15) is 12.6 Å². The third-order valence-corrected chi connectivity index (χ3v) is 3.34. The van der Waals surface area contributed by atoms with E-state index in [2.05, 4.69) is 5.10 Å². The monoisotopic (exact) mass is 287 g/mol. The highest BCUT2D eigenvalue weighted by Gasteiger charge is 2.18. The summed E-state index contributed by atoms with van der Waals surface area (Å²) < 4.78 is 7.08. The van der Waals surface area contributed by atoms with E-state index in [1.54, 1.807) is 0 Å². The molecule has 0 aliphatic rings. The number of aryl methyl sites for hydroxylation is 2. The molecule has 21 heavy (non-hydrogen) atoms. The summed E-state index contributed by atoms with van der Waals surface area (Å²) in [7, 11) is 0. The highest BCUT2D eigenvalue weighted by Crippen LogP contribution is 2.09. The Balaban J connectivity index is 1.88. The molecule has 1 heterocycles. The van der Waals surface area contributed by atoms with Gasteiger partial charge in [-0.15, -0.1) is 0 Å². The smallest absolute Gasteiger partial charge is 0.323 e. The van der Waals surface area contributed by atoms with E-state index in [4.69, 9.17) is 10.5 Å². The van der Waals surface area contributed by atoms with Crippen LogP contribution in [0.4, 0.5) is 0 Å². The first kappa shape index (κ1) is 15.3. The highest BCUT2D eigenvalue weighted by molar-refractivity contribution is 5.75. The molecule has 5 nitrogen and oxygen atoms in total. The van der Waals surface area contributed by atoms with E-state index in [1.165, 1.54) is 0 Å². The summed E-state index contributed by atoms with van der Waals surface area (Å²) in [5.41, 5.74) is 8.77. The second kappa shape index (κ2) is 7.04. The molecule has 2 N–H and O–H groups in total. The van der Waals surface area contributed by atoms with Crippen LogP contribution in [-0.4, -0.2) is 21.8 Å². The lowest BCUT2D eigenvalue weighted by molar-refractivity contribution is -0.146. The average molecular weight is 287 g/mol. The molecule has 2 rings (SSSR count). The molecule has 0 saturated heterocycles. The van der Waals surface area contributed by atoms with Gasteiger partial charge in [0.15, 0.2) is 0 Å². The van der Waals surface area contributed by atoms with E-state index in [0.717, 1.165) is 23.4 Å². The van der Waals surface area contributed by atoms with Gasteiger partial charge in [0.2, 0.25) is 0 Å². The molecular weight excluding hydrogens is 266 g/mol. The SMILES string of the molecule is CCn1cc(CC(N)C(=O)OCc2ccccc2)c(C)n1. The standard InChI is InChI=1S/C16H21N3O2/c1-3-19-10-14(12(2)18-19)9-15(17)16(20)21-11-13-7-5-4-6-8-13/h4-8,10,15H,3,9,11,17H2,1-2H3. The minimum atomic E-state index is -0.665. The van der Waals surface area contributed by atoms with Gasteiger partial charge < -0.3 is 10.5 Å². The third kappa shape index (κ3) is 4.16. The number of hydrogen-bond acceptors (Lipinski definition) is 4. The summed E-state index contributed by atoms with van der Waals surface area (Å²) in [5.74, 6) is -0.387. The van der Waals surface area contributed by atoms with Crippen LogP contribution in [-0.2, 0) is 29.1 Å². The lowest BCUT2D eigenvalue weighted by Gasteiger charge is -2.11. The summed E-state index contributed by atoms with van der Waals surface area (Å²) in [5, 5.41) is 4.34. The van der Waals surface area contributed by atoms with Gasteiger partial charge >= 0.3 is 5.97 Å². The first-order chi connectivity index (χ1) is 10.1. The minimum Gasteiger partial charge on any atom is -0.460 e. The van der Waals surface area contributed by atoms with Crippen molar-refractivity contribution in [3.8, 4) is 0 Å². The van der Waals surface area contributed by atoms with Crippen LogP contribution in [0.5, 0.6) is 0 Å². The highest BCUT2D eigenvalue weighted by atomic mass is 16.5. The number of nitrogens with two attached hydrogens (primary N) is 1. The van der Waals surface area contributed by atoms with Crippen LogP contribution in [0.25, 0.3) is 0 Å². The third-order valence-electron chi connectivity index (χ3n) is 3.34. The number of hydrogen-bond donors (Lipinski definition) is 1. The predicted molar refractivity (Wildman–Crippen MR) is 80.6 cm³/mol. The van der Waals surface area contributed by atoms with Crippen LogP contribution in [0.3, 0.4) is 0 Å². The predicted octanol–water partition coefficient (Wildman–Crippen LogP) is 1.82. The van der Waals surface area contributed by atoms with Crippen molar-refractivity contribution in [2.45, 2.75) is 39.5 Å². The number of nitrogens with zero attached hydrogens (tertiary/aromatic N) is 2. The van der Waals surface area contributed by atoms with E-state index in [-0.39, 0.29) is 12.6 Å². The molecule has 1 aromatic carbocycles. The molecule has 5 heteroatoms. The number of benzene rings is 1. The van der Waals surface area contributed by atoms with Crippen molar-refractivity contribution in [3.05, 3.63) is 53.3 Å². The number of aromatic nitrogens is 2. The Bertz CT molecular complexity index is 593. The zero-order valence-corrected chi connectivity index (χ0v) is 12.5. The van der Waals surface area contributed by atoms with Gasteiger partial charge in [0.05, 0.1) is 5.69 Å². The summed E-state index contributed by atoms with van der Waals surface area (Å²) in [6.45, 7) is 4.99. The van der Waals surface area contributed by atoms with E-state index in [0.29, 0.717) is 6.42 Å². The minimum absolute atomic E-state index is 0.251. The van der Waals surface area contributed by atoms with Crippen molar-refractivity contribution in [1.82, 2.24) is 9.78 Å². The van der Waals surface area contributed by atoms with Crippen LogP contribution >= 0.6 is 0 Å². The first-order valence-electron chi connectivity index (χ1n) is 7.09. The van der Waals surface area contributed by atoms with E-state index in [1.807, 2.05) is 55.1 Å². The second-order valence-corrected chi connectivity index (χ2v) is 5.00. The molecule has 112 valence electrons. The van der Waals surface area contributed by atoms with E-state index in [9.17, 15) is 4.79 Å². The topological polar surface area (TPSA) is 70.1 Å². The molecular formula is C16H21N3O2. The van der Waals surface area contributed by atoms with Crippen LogP contribution in [0, 0.1) is 6.92 Å². The van der Waals surface area contributed by atoms with Crippen molar-refractivity contribution < 1.29 is 9.53 Å². The molecule has 1 aromatic heterocycles. The molecule has 0 fully saturated rings. The van der Waals surface area contributed by atoms with Crippen molar-refractivity contribution >= 4 is 5.97 Å². The Morgan fingerprint density at radius 2 is 2.10 bits per heavy atom. The lowest BCUT2D eigenvalue weighted by atomic mass is 10.1. The zero-order chi connectivity index (χ0) is 15.2. The fourth-order valence-electron chi connectivity index (χ4n) is 2.08. The first-order valence-corrected chi connectivity index (χ1v) is 7.09. The lowest BCUT2D eigenvalue weighted by Crippen LogP contribution is -2.34. The average Bonchev–Trinajstić information content (AvgIpc) is 2.86. The van der Waals surface area contributed by atoms with Crippen LogP contribution < -0.4 is 5.73 Å². The summed E-state index contributed by atoms with van der Waals surface area (Å²) >= 11 is 0. The van der Waals surface area contributed by atoms with Crippen LogP contribution in [0.15, 0.2) is 36.5 Å². The fourth-order valence-corrected chi connectivity index (χ4v) is 2.08. The molecule has 0 amide bonds. The molecule has 0 saturated carbocycles. The molecule has 2 aromatic rings. The zero-order valence-electron chi connectivity index (χ0n) is 12.5. The molecule has 0 spiro atoms. The Hall–Kier alpha value is -2.14. The maximum Gasteiger partial charge on any atom is 0.323 e. The number of esters is 1. The van der Waals surface area contributed by atoms with Crippen molar-refractivity contribution in [1.29, 1.82) is 0 Å². The van der Waals surface area contributed by atoms with Gasteiger partial charge in [-0.3, -0.25) is 9.48 Å². The van der Waals surface area contributed by atoms with Gasteiger partial charge in [0.25, 0.3) is 0 Å². The van der Waals surface area contributed by atoms with Crippen molar-refractivity contribution in [2.75, 3.05) is 0 Å². The molecule has 0 aliphatic heterocycles. The second-order valence-electron chi connectivity index (χ2n) is 5.00. The Morgan fingerprint density at radius 1 is 1.38 bits per heavy atom. The van der Waals surface area contributed by atoms with Crippen molar-refractivity contribution in [2.24, 2.45) is 5.73 Å². The normalized spacial score (nSPS) is 12.1. The Morgan fingerprint density at radius 3 is 2.71 bits per heavy atom. The van der Waals surface area contributed by atoms with Gasteiger partial charge in [-0.1, -0.05) is 30.3 Å². The van der Waals surface area contributed by atoms with Crippen LogP contribution in [0.2, 0.25) is 0 Å². The van der Waals surface area contributed by atoms with Gasteiger partial charge in [-0.25, -0.2) is 0 Å². The Labute approximate surface area is 124 Å². The summed E-state index contributed by atoms with van der Waals surface area (Å²) in [6.07, 6.45) is 2.37. The van der Waals surface area contributed by atoms with Gasteiger partial charge in [-0.2, -0.15) is 5.10 Å². The van der Waals surface area contributed by atoms with Gasteiger partial charge in [-0.05, 0) is 25.0 Å². The number of carbonyl (C=O) groups is 1. The molecule has 0 aliphatic carbocycles. The molecule has 0 radical (unpaired) electrons. The maximum atomic E-state index is 11.9. The number of ether oxygens (including phenoxy) is 1. The van der Waals surface area contributed by atoms with Gasteiger partial charge in [0, 0.05) is 19.2 Å². The maximum absolute atomic E-state index is 11.9. The quantitative estimate of drug-likeness (QED) is 0.823. The van der Waals surface area contributed by atoms with E-state index < -0.39 is 6.04 Å². The largest absolute Gasteiger partial charge is 0.460 e. The van der Waals surface area contributed by atoms with E-state index >= 15 is 0 Å². The van der Waals surface area contributed by atoms with Crippen LogP contribution in [0.1, 0.15) is 23.7 Å². The fraction of sp³-hybridized carbons (Fsp3) is 0.375. The molecule has 0 bridgehead atoms. The molecule has 1 unspecified atom stereocenters.